The summed E-state index contributed by atoms with van der Waals surface area (Å²) in [5, 5.41) is 3.29. The third kappa shape index (κ3) is 4.21. The molecule has 1 saturated heterocycles. The van der Waals surface area contributed by atoms with Crippen molar-refractivity contribution in [1.82, 2.24) is 25.1 Å². The molecular weight excluding hydrogens is 254 g/mol. The van der Waals surface area contributed by atoms with Crippen molar-refractivity contribution in [3.8, 4) is 0 Å². The molecule has 1 aliphatic rings. The molecule has 1 unspecified atom stereocenters. The average Bonchev–Trinajstić information content (AvgIpc) is 2.47. The van der Waals surface area contributed by atoms with Crippen LogP contribution in [0, 0.1) is 0 Å². The first-order valence-electron chi connectivity index (χ1n) is 7.10. The molecule has 0 aliphatic carbocycles. The van der Waals surface area contributed by atoms with E-state index in [4.69, 9.17) is 4.74 Å². The van der Waals surface area contributed by atoms with E-state index < -0.39 is 0 Å². The Morgan fingerprint density at radius 2 is 2.05 bits per heavy atom. The normalized spacial score (nSPS) is 21.2. The molecule has 0 amide bonds. The van der Waals surface area contributed by atoms with Gasteiger partial charge in [-0.2, -0.15) is 0 Å². The molecule has 0 radical (unpaired) electrons. The van der Waals surface area contributed by atoms with Gasteiger partial charge in [-0.3, -0.25) is 4.90 Å². The maximum absolute atomic E-state index is 5.00. The van der Waals surface area contributed by atoms with Crippen LogP contribution in [0.1, 0.15) is 17.4 Å². The second-order valence-electron chi connectivity index (χ2n) is 5.38. The van der Waals surface area contributed by atoms with Crippen molar-refractivity contribution in [1.29, 1.82) is 0 Å². The fraction of sp³-hybridized carbons (Fsp3) is 0.714. The number of nitrogens with one attached hydrogen (secondary N) is 1. The highest BCUT2D eigenvalue weighted by Gasteiger charge is 2.25. The lowest BCUT2D eigenvalue weighted by atomic mass is 10.1. The standard InChI is InChI=1S/C14H25N5O/c1-18-5-6-19(2)13(11-18)14-16-9-12(10-17-14)8-15-4-7-20-3/h9-10,13,15H,4-8,11H2,1-3H3. The molecule has 20 heavy (non-hydrogen) atoms. The van der Waals surface area contributed by atoms with Crippen molar-refractivity contribution in [3.63, 3.8) is 0 Å². The predicted molar refractivity (Wildman–Crippen MR) is 78.5 cm³/mol. The highest BCUT2D eigenvalue weighted by atomic mass is 16.5. The molecule has 1 N–H and O–H groups in total. The number of nitrogens with zero attached hydrogens (tertiary/aromatic N) is 4. The van der Waals surface area contributed by atoms with Gasteiger partial charge in [-0.05, 0) is 14.1 Å². The summed E-state index contributed by atoms with van der Waals surface area (Å²) >= 11 is 0. The van der Waals surface area contributed by atoms with Crippen LogP contribution < -0.4 is 5.32 Å². The SMILES string of the molecule is COCCNCc1cnc(C2CN(C)CCN2C)nc1. The van der Waals surface area contributed by atoms with Crippen LogP contribution in [-0.4, -0.2) is 73.8 Å². The van der Waals surface area contributed by atoms with Crippen LogP contribution >= 0.6 is 0 Å². The molecule has 0 saturated carbocycles. The first-order chi connectivity index (χ1) is 9.70. The Morgan fingerprint density at radius 1 is 1.30 bits per heavy atom. The summed E-state index contributed by atoms with van der Waals surface area (Å²) in [4.78, 5) is 13.7. The van der Waals surface area contributed by atoms with Gasteiger partial charge in [-0.1, -0.05) is 0 Å². The van der Waals surface area contributed by atoms with Crippen LogP contribution in [0.25, 0.3) is 0 Å². The number of aromatic nitrogens is 2. The van der Waals surface area contributed by atoms with E-state index in [1.54, 1.807) is 7.11 Å². The second kappa shape index (κ2) is 7.64. The van der Waals surface area contributed by atoms with Crippen LogP contribution in [0.3, 0.4) is 0 Å². The first kappa shape index (κ1) is 15.3. The van der Waals surface area contributed by atoms with Gasteiger partial charge in [0.05, 0.1) is 12.6 Å². The maximum Gasteiger partial charge on any atom is 0.146 e. The Kier molecular flexibility index (Phi) is 5.85. The Bertz CT molecular complexity index is 397. The van der Waals surface area contributed by atoms with Crippen LogP contribution in [-0.2, 0) is 11.3 Å². The van der Waals surface area contributed by atoms with Gasteiger partial charge in [0.2, 0.25) is 0 Å². The number of methoxy groups -OCH3 is 1. The number of ether oxygens (including phenoxy) is 1. The Hall–Kier alpha value is -1.08. The summed E-state index contributed by atoms with van der Waals surface area (Å²) in [5.41, 5.74) is 1.11. The van der Waals surface area contributed by atoms with Gasteiger partial charge >= 0.3 is 0 Å². The van der Waals surface area contributed by atoms with E-state index in [1.807, 2.05) is 12.4 Å². The van der Waals surface area contributed by atoms with E-state index in [1.165, 1.54) is 0 Å². The van der Waals surface area contributed by atoms with E-state index in [0.29, 0.717) is 6.04 Å². The molecule has 2 heterocycles. The molecule has 0 spiro atoms. The van der Waals surface area contributed by atoms with Gasteiger partial charge < -0.3 is 15.0 Å². The molecule has 0 aromatic carbocycles. The Labute approximate surface area is 121 Å². The van der Waals surface area contributed by atoms with Crippen LogP contribution in [0.2, 0.25) is 0 Å². The summed E-state index contributed by atoms with van der Waals surface area (Å²) in [5.74, 6) is 0.916. The van der Waals surface area contributed by atoms with Gasteiger partial charge in [0.1, 0.15) is 5.82 Å². The van der Waals surface area contributed by atoms with Crippen molar-refractivity contribution in [3.05, 3.63) is 23.8 Å². The summed E-state index contributed by atoms with van der Waals surface area (Å²) in [6.07, 6.45) is 3.84. The third-order valence-electron chi connectivity index (χ3n) is 3.69. The van der Waals surface area contributed by atoms with Crippen molar-refractivity contribution in [2.45, 2.75) is 12.6 Å². The molecule has 0 bridgehead atoms. The van der Waals surface area contributed by atoms with Crippen molar-refractivity contribution in [2.75, 3.05) is 54.0 Å². The minimum absolute atomic E-state index is 0.296. The third-order valence-corrected chi connectivity index (χ3v) is 3.69. The molecule has 1 atom stereocenters. The Balaban J connectivity index is 1.90. The Morgan fingerprint density at radius 3 is 2.75 bits per heavy atom. The van der Waals surface area contributed by atoms with Crippen molar-refractivity contribution in [2.24, 2.45) is 0 Å². The molecule has 1 aliphatic heterocycles. The van der Waals surface area contributed by atoms with Crippen LogP contribution in [0.4, 0.5) is 0 Å². The molecule has 6 nitrogen and oxygen atoms in total. The fourth-order valence-electron chi connectivity index (χ4n) is 2.32. The fourth-order valence-corrected chi connectivity index (χ4v) is 2.32. The number of hydrogen-bond acceptors (Lipinski definition) is 6. The summed E-state index contributed by atoms with van der Waals surface area (Å²) in [6.45, 7) is 5.50. The summed E-state index contributed by atoms with van der Waals surface area (Å²) in [7, 11) is 5.99. The zero-order chi connectivity index (χ0) is 14.4. The van der Waals surface area contributed by atoms with Crippen molar-refractivity contribution >= 4 is 0 Å². The largest absolute Gasteiger partial charge is 0.383 e. The summed E-state index contributed by atoms with van der Waals surface area (Å²) in [6, 6.07) is 0.296. The van der Waals surface area contributed by atoms with Crippen LogP contribution in [0.5, 0.6) is 0 Å². The molecule has 112 valence electrons. The monoisotopic (exact) mass is 279 g/mol. The van der Waals surface area contributed by atoms with Crippen LogP contribution in [0.15, 0.2) is 12.4 Å². The van der Waals surface area contributed by atoms with E-state index in [2.05, 4.69) is 39.2 Å². The molecule has 1 fully saturated rings. The van der Waals surface area contributed by atoms with Gasteiger partial charge in [0, 0.05) is 57.8 Å². The van der Waals surface area contributed by atoms with Gasteiger partial charge in [-0.25, -0.2) is 9.97 Å². The van der Waals surface area contributed by atoms with E-state index in [0.717, 1.165) is 50.7 Å². The van der Waals surface area contributed by atoms with Gasteiger partial charge in [0.25, 0.3) is 0 Å². The van der Waals surface area contributed by atoms with Gasteiger partial charge in [-0.15, -0.1) is 0 Å². The summed E-state index contributed by atoms with van der Waals surface area (Å²) < 4.78 is 5.00. The average molecular weight is 279 g/mol. The maximum atomic E-state index is 5.00. The highest BCUT2D eigenvalue weighted by Crippen LogP contribution is 2.19. The second-order valence-corrected chi connectivity index (χ2v) is 5.38. The van der Waals surface area contributed by atoms with Gasteiger partial charge in [0.15, 0.2) is 0 Å². The van der Waals surface area contributed by atoms with E-state index >= 15 is 0 Å². The van der Waals surface area contributed by atoms with E-state index in [-0.39, 0.29) is 0 Å². The lowest BCUT2D eigenvalue weighted by Crippen LogP contribution is -2.45. The molecule has 1 aromatic rings. The number of piperazine rings is 1. The predicted octanol–water partition coefficient (Wildman–Crippen LogP) is 0.131. The topological polar surface area (TPSA) is 53.5 Å². The lowest BCUT2D eigenvalue weighted by Gasteiger charge is -2.36. The molecule has 1 aromatic heterocycles. The van der Waals surface area contributed by atoms with Crippen molar-refractivity contribution < 1.29 is 4.74 Å². The number of likely N-dealkylation sites (N-methyl/N-ethyl adjacent to an activating group) is 2. The minimum Gasteiger partial charge on any atom is -0.383 e. The lowest BCUT2D eigenvalue weighted by molar-refractivity contribution is 0.109. The number of hydrogen-bond donors (Lipinski definition) is 1. The smallest absolute Gasteiger partial charge is 0.146 e. The quantitative estimate of drug-likeness (QED) is 0.747. The van der Waals surface area contributed by atoms with E-state index in [9.17, 15) is 0 Å². The zero-order valence-corrected chi connectivity index (χ0v) is 12.7. The zero-order valence-electron chi connectivity index (χ0n) is 12.7. The molecular formula is C14H25N5O. The number of rotatable bonds is 6. The molecule has 2 rings (SSSR count). The molecule has 6 heteroatoms. The highest BCUT2D eigenvalue weighted by molar-refractivity contribution is 5.08. The minimum atomic E-state index is 0.296. The first-order valence-corrected chi connectivity index (χ1v) is 7.10.